The Morgan fingerprint density at radius 1 is 1.14 bits per heavy atom. The average molecular weight is 218 g/mol. The van der Waals surface area contributed by atoms with Crippen molar-refractivity contribution < 1.29 is 14.2 Å². The molecule has 0 rings (SSSR count). The summed E-state index contributed by atoms with van der Waals surface area (Å²) in [6, 6.07) is 0. The maximum atomic E-state index is 5.35. The number of ether oxygens (including phenoxy) is 3. The topological polar surface area (TPSA) is 53.7 Å². The molecule has 4 nitrogen and oxygen atoms in total. The summed E-state index contributed by atoms with van der Waals surface area (Å²) in [6.45, 7) is 2.11. The summed E-state index contributed by atoms with van der Waals surface area (Å²) in [5.41, 5.74) is 4.66. The Balaban J connectivity index is 3.34. The molecule has 0 fully saturated rings. The second-order valence-electron chi connectivity index (χ2n) is 3.02. The van der Waals surface area contributed by atoms with E-state index in [0.29, 0.717) is 13.2 Å². The van der Waals surface area contributed by atoms with Crippen molar-refractivity contribution in [3.8, 4) is 0 Å². The minimum atomic E-state index is -0.669. The van der Waals surface area contributed by atoms with Gasteiger partial charge in [0.1, 0.15) is 15.7 Å². The van der Waals surface area contributed by atoms with Gasteiger partial charge in [0.25, 0.3) is 0 Å². The first-order chi connectivity index (χ1) is 6.68. The van der Waals surface area contributed by atoms with Crippen molar-refractivity contribution in [2.75, 3.05) is 34.0 Å². The molecule has 0 unspecified atom stereocenters. The normalized spacial score (nSPS) is 12.0. The molecule has 3 radical (unpaired) electrons. The Hall–Kier alpha value is 0.0569. The van der Waals surface area contributed by atoms with E-state index in [4.69, 9.17) is 19.9 Å². The number of nitrogens with two attached hydrogens (primary N) is 1. The van der Waals surface area contributed by atoms with Gasteiger partial charge in [-0.3, -0.25) is 0 Å². The molecule has 0 aliphatic carbocycles. The minimum absolute atomic E-state index is 0.669. The van der Waals surface area contributed by atoms with Gasteiger partial charge in [-0.25, -0.2) is 0 Å². The van der Waals surface area contributed by atoms with Gasteiger partial charge >= 0.3 is 0 Å². The smallest absolute Gasteiger partial charge is 0.143 e. The highest BCUT2D eigenvalue weighted by Gasteiger charge is 2.21. The molecule has 5 heteroatoms. The quantitative estimate of drug-likeness (QED) is 0.342. The van der Waals surface area contributed by atoms with E-state index in [1.165, 1.54) is 0 Å². The van der Waals surface area contributed by atoms with E-state index in [0.717, 1.165) is 25.9 Å². The van der Waals surface area contributed by atoms with Crippen LogP contribution in [0, 0.1) is 0 Å². The summed E-state index contributed by atoms with van der Waals surface area (Å²) in [7, 11) is 6.60. The third kappa shape index (κ3) is 6.50. The van der Waals surface area contributed by atoms with Gasteiger partial charge in [0, 0.05) is 27.4 Å². The number of hydrogen-bond donors (Lipinski definition) is 1. The van der Waals surface area contributed by atoms with Crippen LogP contribution < -0.4 is 5.73 Å². The number of rotatable bonds is 9. The van der Waals surface area contributed by atoms with Crippen LogP contribution in [-0.4, -0.2) is 49.6 Å². The van der Waals surface area contributed by atoms with Crippen molar-refractivity contribution in [1.82, 2.24) is 0 Å². The first-order valence-corrected chi connectivity index (χ1v) is 5.31. The van der Waals surface area contributed by atoms with Gasteiger partial charge in [0.05, 0.1) is 0 Å². The molecular formula is C9H20NO3Si. The van der Waals surface area contributed by atoms with Gasteiger partial charge < -0.3 is 19.9 Å². The molecule has 2 N–H and O–H groups in total. The van der Waals surface area contributed by atoms with Crippen molar-refractivity contribution in [2.45, 2.75) is 24.7 Å². The molecule has 14 heavy (non-hydrogen) atoms. The van der Waals surface area contributed by atoms with E-state index in [9.17, 15) is 0 Å². The average Bonchev–Trinajstić information content (AvgIpc) is 2.23. The van der Waals surface area contributed by atoms with Gasteiger partial charge in [0.2, 0.25) is 0 Å². The molecule has 0 aliphatic rings. The Morgan fingerprint density at radius 2 is 1.71 bits per heavy atom. The van der Waals surface area contributed by atoms with E-state index in [2.05, 4.69) is 10.2 Å². The van der Waals surface area contributed by atoms with Gasteiger partial charge in [-0.15, -0.1) is 0 Å². The molecule has 0 aromatic rings. The van der Waals surface area contributed by atoms with Gasteiger partial charge in [-0.2, -0.15) is 0 Å². The predicted molar refractivity (Wildman–Crippen MR) is 56.2 cm³/mol. The summed E-state index contributed by atoms with van der Waals surface area (Å²) in [6.07, 6.45) is 2.54. The van der Waals surface area contributed by atoms with Gasteiger partial charge in [-0.05, 0) is 25.8 Å². The predicted octanol–water partition coefficient (Wildman–Crippen LogP) is 0.247. The van der Waals surface area contributed by atoms with Crippen LogP contribution in [0.15, 0.2) is 0 Å². The van der Waals surface area contributed by atoms with Crippen molar-refractivity contribution >= 4 is 10.2 Å². The lowest BCUT2D eigenvalue weighted by atomic mass is 10.3. The lowest BCUT2D eigenvalue weighted by molar-refractivity contribution is -0.148. The standard InChI is InChI=1S/C9H20NO3Si/c1-11-9(14,12-2)5-3-7-13-8-4-6-10/h3-8,10H2,1-2H3. The second-order valence-corrected chi connectivity index (χ2v) is 3.78. The zero-order valence-corrected chi connectivity index (χ0v) is 10.0. The lowest BCUT2D eigenvalue weighted by Gasteiger charge is -2.26. The van der Waals surface area contributed by atoms with Crippen LogP contribution in [0.5, 0.6) is 0 Å². The Kier molecular flexibility index (Phi) is 8.41. The molecule has 0 bridgehead atoms. The maximum Gasteiger partial charge on any atom is 0.143 e. The van der Waals surface area contributed by atoms with Crippen molar-refractivity contribution in [3.05, 3.63) is 0 Å². The second kappa shape index (κ2) is 8.37. The van der Waals surface area contributed by atoms with E-state index in [1.54, 1.807) is 14.2 Å². The lowest BCUT2D eigenvalue weighted by Crippen LogP contribution is -2.34. The van der Waals surface area contributed by atoms with E-state index in [-0.39, 0.29) is 0 Å². The fraction of sp³-hybridized carbons (Fsp3) is 1.00. The highest BCUT2D eigenvalue weighted by Crippen LogP contribution is 2.13. The van der Waals surface area contributed by atoms with Crippen LogP contribution in [0.2, 0.25) is 0 Å². The van der Waals surface area contributed by atoms with Gasteiger partial charge in [-0.1, -0.05) is 0 Å². The molecule has 83 valence electrons. The zero-order chi connectivity index (χ0) is 10.9. The summed E-state index contributed by atoms with van der Waals surface area (Å²) >= 11 is 0. The number of hydrogen-bond acceptors (Lipinski definition) is 4. The number of methoxy groups -OCH3 is 2. The molecule has 0 saturated heterocycles. The van der Waals surface area contributed by atoms with E-state index in [1.807, 2.05) is 0 Å². The van der Waals surface area contributed by atoms with Crippen LogP contribution in [0.25, 0.3) is 0 Å². The monoisotopic (exact) mass is 218 g/mol. The summed E-state index contributed by atoms with van der Waals surface area (Å²) in [4.78, 5) is 0. The first kappa shape index (κ1) is 14.1. The van der Waals surface area contributed by atoms with E-state index >= 15 is 0 Å². The largest absolute Gasteiger partial charge is 0.381 e. The Morgan fingerprint density at radius 3 is 2.21 bits per heavy atom. The summed E-state index contributed by atoms with van der Waals surface area (Å²) in [5.74, 6) is 0. The third-order valence-electron chi connectivity index (χ3n) is 1.95. The highest BCUT2D eigenvalue weighted by molar-refractivity contribution is 6.13. The van der Waals surface area contributed by atoms with Crippen LogP contribution in [0.4, 0.5) is 0 Å². The van der Waals surface area contributed by atoms with Crippen molar-refractivity contribution in [2.24, 2.45) is 5.73 Å². The van der Waals surface area contributed by atoms with Crippen LogP contribution >= 0.6 is 0 Å². The molecule has 0 atom stereocenters. The fourth-order valence-corrected chi connectivity index (χ4v) is 1.16. The molecule has 0 amide bonds. The van der Waals surface area contributed by atoms with Crippen LogP contribution in [-0.2, 0) is 14.2 Å². The minimum Gasteiger partial charge on any atom is -0.381 e. The molecule has 0 aliphatic heterocycles. The molecular weight excluding hydrogens is 198 g/mol. The maximum absolute atomic E-state index is 5.35. The first-order valence-electron chi connectivity index (χ1n) is 4.81. The fourth-order valence-electron chi connectivity index (χ4n) is 0.982. The van der Waals surface area contributed by atoms with Crippen molar-refractivity contribution in [1.29, 1.82) is 0 Å². The molecule has 0 aromatic heterocycles. The Bertz CT molecular complexity index is 131. The molecule has 0 aromatic carbocycles. The third-order valence-corrected chi connectivity index (χ3v) is 2.61. The summed E-state index contributed by atoms with van der Waals surface area (Å²) in [5, 5.41) is 0. The molecule has 0 saturated carbocycles. The highest BCUT2D eigenvalue weighted by atomic mass is 28.1. The van der Waals surface area contributed by atoms with Crippen LogP contribution in [0.3, 0.4) is 0 Å². The molecule has 0 spiro atoms. The van der Waals surface area contributed by atoms with Crippen LogP contribution in [0.1, 0.15) is 19.3 Å². The van der Waals surface area contributed by atoms with Gasteiger partial charge in [0.15, 0.2) is 0 Å². The Labute approximate surface area is 89.5 Å². The SMILES string of the molecule is COC([Si])(CCCOCCCN)OC. The van der Waals surface area contributed by atoms with Crippen molar-refractivity contribution in [3.63, 3.8) is 0 Å². The summed E-state index contributed by atoms with van der Waals surface area (Å²) < 4.78 is 15.6. The zero-order valence-electron chi connectivity index (χ0n) is 9.04. The molecule has 0 heterocycles. The van der Waals surface area contributed by atoms with E-state index < -0.39 is 5.41 Å².